The molecule has 0 N–H and O–H groups in total. The number of rotatable bonds is 5. The Hall–Kier alpha value is -2.05. The molecular weight excluding hydrogens is 323 g/mol. The standard InChI is InChI=1S/C17H18F3NO3/c18-17(19,20)14-5-2-1-4-11(14)12-10-13(12)16(23)24-9-8-21-7-3-6-15(21)22/h1-2,4-5,12-13H,3,6-10H2/t12-,13-/m0/s1. The lowest BCUT2D eigenvalue weighted by atomic mass is 10.0. The van der Waals surface area contributed by atoms with E-state index in [0.717, 1.165) is 12.5 Å². The number of benzene rings is 1. The highest BCUT2D eigenvalue weighted by atomic mass is 19.4. The van der Waals surface area contributed by atoms with Gasteiger partial charge in [-0.2, -0.15) is 13.2 Å². The minimum Gasteiger partial charge on any atom is -0.464 e. The summed E-state index contributed by atoms with van der Waals surface area (Å²) in [4.78, 5) is 25.1. The van der Waals surface area contributed by atoms with Crippen LogP contribution in [-0.4, -0.2) is 36.5 Å². The SMILES string of the molecule is O=C(OCCN1CCCC1=O)[C@H]1C[C@H]1c1ccccc1C(F)(F)F. The van der Waals surface area contributed by atoms with Crippen LogP contribution in [0.15, 0.2) is 24.3 Å². The van der Waals surface area contributed by atoms with Crippen molar-refractivity contribution >= 4 is 11.9 Å². The summed E-state index contributed by atoms with van der Waals surface area (Å²) in [6, 6.07) is 5.35. The van der Waals surface area contributed by atoms with Gasteiger partial charge in [-0.1, -0.05) is 18.2 Å². The molecule has 1 saturated carbocycles. The van der Waals surface area contributed by atoms with Gasteiger partial charge in [0, 0.05) is 13.0 Å². The van der Waals surface area contributed by atoms with Crippen molar-refractivity contribution < 1.29 is 27.5 Å². The fourth-order valence-corrected chi connectivity index (χ4v) is 3.18. The maximum Gasteiger partial charge on any atom is 0.416 e. The maximum atomic E-state index is 13.0. The number of carbonyl (C=O) groups is 2. The van der Waals surface area contributed by atoms with Gasteiger partial charge in [-0.25, -0.2) is 0 Å². The number of nitrogens with zero attached hydrogens (tertiary/aromatic N) is 1. The third-order valence-corrected chi connectivity index (χ3v) is 4.54. The summed E-state index contributed by atoms with van der Waals surface area (Å²) < 4.78 is 44.2. The lowest BCUT2D eigenvalue weighted by molar-refractivity contribution is -0.147. The highest BCUT2D eigenvalue weighted by Crippen LogP contribution is 2.51. The minimum atomic E-state index is -4.43. The van der Waals surface area contributed by atoms with Gasteiger partial charge in [0.25, 0.3) is 0 Å². The Kier molecular flexibility index (Phi) is 4.51. The van der Waals surface area contributed by atoms with Gasteiger partial charge in [-0.15, -0.1) is 0 Å². The fraction of sp³-hybridized carbons (Fsp3) is 0.529. The minimum absolute atomic E-state index is 0.0504. The van der Waals surface area contributed by atoms with Crippen LogP contribution < -0.4 is 0 Å². The molecule has 0 aromatic heterocycles. The van der Waals surface area contributed by atoms with E-state index >= 15 is 0 Å². The van der Waals surface area contributed by atoms with E-state index in [9.17, 15) is 22.8 Å². The molecule has 0 unspecified atom stereocenters. The first-order valence-corrected chi connectivity index (χ1v) is 7.98. The summed E-state index contributed by atoms with van der Waals surface area (Å²) in [6.45, 7) is 1.11. The molecule has 0 spiro atoms. The number of halogens is 3. The number of alkyl halides is 3. The third-order valence-electron chi connectivity index (χ3n) is 4.54. The highest BCUT2D eigenvalue weighted by molar-refractivity contribution is 5.79. The molecule has 4 nitrogen and oxygen atoms in total. The first kappa shape index (κ1) is 16.8. The van der Waals surface area contributed by atoms with Crippen LogP contribution in [-0.2, 0) is 20.5 Å². The fourth-order valence-electron chi connectivity index (χ4n) is 3.18. The molecule has 2 atom stereocenters. The van der Waals surface area contributed by atoms with E-state index < -0.39 is 29.5 Å². The molecule has 3 rings (SSSR count). The van der Waals surface area contributed by atoms with E-state index in [4.69, 9.17) is 4.74 Å². The zero-order valence-electron chi connectivity index (χ0n) is 13.0. The van der Waals surface area contributed by atoms with Crippen LogP contribution in [0.1, 0.15) is 36.3 Å². The summed E-state index contributed by atoms with van der Waals surface area (Å²) in [7, 11) is 0. The largest absolute Gasteiger partial charge is 0.464 e. The normalized spacial score (nSPS) is 23.5. The first-order chi connectivity index (χ1) is 11.4. The van der Waals surface area contributed by atoms with Crippen molar-refractivity contribution in [2.24, 2.45) is 5.92 Å². The lowest BCUT2D eigenvalue weighted by Crippen LogP contribution is -2.29. The second kappa shape index (κ2) is 6.45. The number of esters is 1. The molecule has 1 aromatic carbocycles. The summed E-state index contributed by atoms with van der Waals surface area (Å²) in [5.74, 6) is -1.40. The molecule has 1 aliphatic heterocycles. The average Bonchev–Trinajstić information content (AvgIpc) is 3.24. The summed E-state index contributed by atoms with van der Waals surface area (Å²) in [5.41, 5.74) is -0.533. The van der Waals surface area contributed by atoms with Crippen molar-refractivity contribution in [1.29, 1.82) is 0 Å². The molecule has 1 aromatic rings. The Morgan fingerprint density at radius 2 is 2.04 bits per heavy atom. The van der Waals surface area contributed by atoms with Crippen LogP contribution in [0.2, 0.25) is 0 Å². The second-order valence-electron chi connectivity index (χ2n) is 6.19. The van der Waals surface area contributed by atoms with Gasteiger partial charge in [-0.3, -0.25) is 9.59 Å². The molecule has 24 heavy (non-hydrogen) atoms. The molecular formula is C17H18F3NO3. The van der Waals surface area contributed by atoms with E-state index in [0.29, 0.717) is 25.9 Å². The predicted molar refractivity (Wildman–Crippen MR) is 79.1 cm³/mol. The summed E-state index contributed by atoms with van der Waals surface area (Å²) in [5, 5.41) is 0. The zero-order chi connectivity index (χ0) is 17.3. The van der Waals surface area contributed by atoms with Gasteiger partial charge >= 0.3 is 12.1 Å². The van der Waals surface area contributed by atoms with Gasteiger partial charge in [0.2, 0.25) is 5.91 Å². The summed E-state index contributed by atoms with van der Waals surface area (Å²) >= 11 is 0. The van der Waals surface area contributed by atoms with E-state index in [-0.39, 0.29) is 18.1 Å². The molecule has 0 radical (unpaired) electrons. The van der Waals surface area contributed by atoms with E-state index in [2.05, 4.69) is 0 Å². The molecule has 1 heterocycles. The van der Waals surface area contributed by atoms with Crippen LogP contribution >= 0.6 is 0 Å². The molecule has 2 aliphatic rings. The van der Waals surface area contributed by atoms with Crippen molar-refractivity contribution in [3.8, 4) is 0 Å². The van der Waals surface area contributed by atoms with Crippen LogP contribution in [0.25, 0.3) is 0 Å². The number of hydrogen-bond acceptors (Lipinski definition) is 3. The van der Waals surface area contributed by atoms with Gasteiger partial charge < -0.3 is 9.64 Å². The second-order valence-corrected chi connectivity index (χ2v) is 6.19. The zero-order valence-corrected chi connectivity index (χ0v) is 13.0. The molecule has 1 amide bonds. The Morgan fingerprint density at radius 3 is 2.71 bits per heavy atom. The third kappa shape index (κ3) is 3.55. The van der Waals surface area contributed by atoms with Crippen LogP contribution in [0, 0.1) is 5.92 Å². The Labute approximate surface area is 137 Å². The molecule has 2 fully saturated rings. The van der Waals surface area contributed by atoms with Gasteiger partial charge in [0.15, 0.2) is 0 Å². The smallest absolute Gasteiger partial charge is 0.416 e. The molecule has 130 valence electrons. The van der Waals surface area contributed by atoms with Crippen LogP contribution in [0.5, 0.6) is 0 Å². The average molecular weight is 341 g/mol. The van der Waals surface area contributed by atoms with E-state index in [1.165, 1.54) is 12.1 Å². The number of ether oxygens (including phenoxy) is 1. The Balaban J connectivity index is 1.54. The predicted octanol–water partition coefficient (Wildman–Crippen LogP) is 2.97. The maximum absolute atomic E-state index is 13.0. The van der Waals surface area contributed by atoms with Crippen molar-refractivity contribution in [3.05, 3.63) is 35.4 Å². The Morgan fingerprint density at radius 1 is 1.29 bits per heavy atom. The number of carbonyl (C=O) groups excluding carboxylic acids is 2. The number of likely N-dealkylation sites (tertiary alicyclic amines) is 1. The van der Waals surface area contributed by atoms with Gasteiger partial charge in [0.05, 0.1) is 18.0 Å². The van der Waals surface area contributed by atoms with E-state index in [1.54, 1.807) is 11.0 Å². The Bertz CT molecular complexity index is 644. The number of hydrogen-bond donors (Lipinski definition) is 0. The van der Waals surface area contributed by atoms with Crippen molar-refractivity contribution in [2.45, 2.75) is 31.4 Å². The quantitative estimate of drug-likeness (QED) is 0.774. The lowest BCUT2D eigenvalue weighted by Gasteiger charge is -2.15. The summed E-state index contributed by atoms with van der Waals surface area (Å²) in [6.07, 6.45) is -2.73. The van der Waals surface area contributed by atoms with Gasteiger partial charge in [0.1, 0.15) is 6.61 Å². The van der Waals surface area contributed by atoms with Crippen molar-refractivity contribution in [1.82, 2.24) is 4.90 Å². The molecule has 1 aliphatic carbocycles. The first-order valence-electron chi connectivity index (χ1n) is 7.98. The monoisotopic (exact) mass is 341 g/mol. The highest BCUT2D eigenvalue weighted by Gasteiger charge is 2.48. The van der Waals surface area contributed by atoms with E-state index in [1.807, 2.05) is 0 Å². The van der Waals surface area contributed by atoms with Crippen molar-refractivity contribution in [3.63, 3.8) is 0 Å². The molecule has 1 saturated heterocycles. The van der Waals surface area contributed by atoms with Crippen LogP contribution in [0.3, 0.4) is 0 Å². The molecule has 7 heteroatoms. The van der Waals surface area contributed by atoms with Crippen LogP contribution in [0.4, 0.5) is 13.2 Å². The molecule has 0 bridgehead atoms. The topological polar surface area (TPSA) is 46.6 Å². The number of amides is 1. The van der Waals surface area contributed by atoms with Gasteiger partial charge in [-0.05, 0) is 30.4 Å². The van der Waals surface area contributed by atoms with Crippen molar-refractivity contribution in [2.75, 3.05) is 19.7 Å².